The number of hydrogen-bond acceptors (Lipinski definition) is 3. The minimum absolute atomic E-state index is 0.159. The Kier molecular flexibility index (Phi) is 6.09. The van der Waals surface area contributed by atoms with Crippen LogP contribution < -0.4 is 4.90 Å². The lowest BCUT2D eigenvalue weighted by atomic mass is 9.96. The first-order chi connectivity index (χ1) is 12.5. The third-order valence-electron chi connectivity index (χ3n) is 5.30. The van der Waals surface area contributed by atoms with E-state index in [2.05, 4.69) is 34.5 Å². The SMILES string of the molecule is CC(C)c1nccn1CC1CCN(CC(=O)N(C)c2ccccc2)CC1. The molecule has 1 aromatic carbocycles. The second-order valence-corrected chi connectivity index (χ2v) is 7.60. The molecule has 2 aromatic rings. The first-order valence-electron chi connectivity index (χ1n) is 9.59. The van der Waals surface area contributed by atoms with E-state index >= 15 is 0 Å². The number of likely N-dealkylation sites (tertiary alicyclic amines) is 1. The molecule has 1 fully saturated rings. The lowest BCUT2D eigenvalue weighted by Gasteiger charge is -2.33. The molecule has 1 aliphatic rings. The molecule has 26 heavy (non-hydrogen) atoms. The van der Waals surface area contributed by atoms with Crippen LogP contribution in [0.2, 0.25) is 0 Å². The van der Waals surface area contributed by atoms with Crippen molar-refractivity contribution in [3.63, 3.8) is 0 Å². The van der Waals surface area contributed by atoms with Crippen LogP contribution in [-0.2, 0) is 11.3 Å². The van der Waals surface area contributed by atoms with Crippen LogP contribution in [0.25, 0.3) is 0 Å². The molecule has 140 valence electrons. The van der Waals surface area contributed by atoms with Crippen LogP contribution in [0, 0.1) is 5.92 Å². The summed E-state index contributed by atoms with van der Waals surface area (Å²) in [6.45, 7) is 7.90. The van der Waals surface area contributed by atoms with E-state index in [1.54, 1.807) is 4.90 Å². The van der Waals surface area contributed by atoms with Crippen molar-refractivity contribution >= 4 is 11.6 Å². The molecular weight excluding hydrogens is 324 g/mol. The van der Waals surface area contributed by atoms with Crippen LogP contribution in [0.5, 0.6) is 0 Å². The predicted octanol–water partition coefficient (Wildman–Crippen LogP) is 3.38. The van der Waals surface area contributed by atoms with Crippen molar-refractivity contribution in [3.8, 4) is 0 Å². The van der Waals surface area contributed by atoms with Gasteiger partial charge in [0.15, 0.2) is 0 Å². The Morgan fingerprint density at radius 1 is 1.23 bits per heavy atom. The van der Waals surface area contributed by atoms with E-state index in [0.717, 1.165) is 38.2 Å². The number of benzene rings is 1. The summed E-state index contributed by atoms with van der Waals surface area (Å²) >= 11 is 0. The molecule has 0 aliphatic carbocycles. The van der Waals surface area contributed by atoms with E-state index in [1.165, 1.54) is 5.82 Å². The summed E-state index contributed by atoms with van der Waals surface area (Å²) in [5.41, 5.74) is 0.953. The van der Waals surface area contributed by atoms with E-state index < -0.39 is 0 Å². The minimum atomic E-state index is 0.159. The summed E-state index contributed by atoms with van der Waals surface area (Å²) < 4.78 is 2.30. The monoisotopic (exact) mass is 354 g/mol. The molecule has 5 nitrogen and oxygen atoms in total. The summed E-state index contributed by atoms with van der Waals surface area (Å²) in [5.74, 6) is 2.45. The highest BCUT2D eigenvalue weighted by molar-refractivity contribution is 5.94. The Hall–Kier alpha value is -2.14. The van der Waals surface area contributed by atoms with E-state index in [1.807, 2.05) is 43.6 Å². The fraction of sp³-hybridized carbons (Fsp3) is 0.524. The number of likely N-dealkylation sites (N-methyl/N-ethyl adjacent to an activating group) is 1. The van der Waals surface area contributed by atoms with Crippen molar-refractivity contribution in [2.45, 2.75) is 39.2 Å². The predicted molar refractivity (Wildman–Crippen MR) is 105 cm³/mol. The summed E-state index contributed by atoms with van der Waals surface area (Å²) in [6.07, 6.45) is 6.28. The third kappa shape index (κ3) is 4.52. The normalized spacial score (nSPS) is 16.2. The Morgan fingerprint density at radius 3 is 2.58 bits per heavy atom. The zero-order chi connectivity index (χ0) is 18.5. The highest BCUT2D eigenvalue weighted by Gasteiger charge is 2.23. The van der Waals surface area contributed by atoms with Crippen LogP contribution >= 0.6 is 0 Å². The van der Waals surface area contributed by atoms with Gasteiger partial charge < -0.3 is 9.47 Å². The molecule has 1 aromatic heterocycles. The van der Waals surface area contributed by atoms with Crippen molar-refractivity contribution in [1.82, 2.24) is 14.5 Å². The number of piperidine rings is 1. The topological polar surface area (TPSA) is 41.4 Å². The number of carbonyl (C=O) groups is 1. The zero-order valence-corrected chi connectivity index (χ0v) is 16.1. The van der Waals surface area contributed by atoms with Crippen LogP contribution in [-0.4, -0.2) is 47.0 Å². The van der Waals surface area contributed by atoms with Gasteiger partial charge in [0.1, 0.15) is 5.82 Å². The maximum Gasteiger partial charge on any atom is 0.240 e. The molecule has 1 saturated heterocycles. The van der Waals surface area contributed by atoms with E-state index in [-0.39, 0.29) is 5.91 Å². The van der Waals surface area contributed by atoms with Crippen molar-refractivity contribution in [3.05, 3.63) is 48.5 Å². The van der Waals surface area contributed by atoms with Gasteiger partial charge in [-0.3, -0.25) is 9.69 Å². The molecule has 5 heteroatoms. The largest absolute Gasteiger partial charge is 0.334 e. The van der Waals surface area contributed by atoms with Gasteiger partial charge in [-0.2, -0.15) is 0 Å². The molecule has 1 aliphatic heterocycles. The van der Waals surface area contributed by atoms with Crippen LogP contribution in [0.1, 0.15) is 38.4 Å². The smallest absolute Gasteiger partial charge is 0.240 e. The standard InChI is InChI=1S/C21H30N4O/c1-17(2)21-22-11-14-25(21)15-18-9-12-24(13-10-18)16-20(26)23(3)19-7-5-4-6-8-19/h4-8,11,14,17-18H,9-10,12-13,15-16H2,1-3H3. The molecule has 0 unspecified atom stereocenters. The van der Waals surface area contributed by atoms with Crippen molar-refractivity contribution < 1.29 is 4.79 Å². The van der Waals surface area contributed by atoms with Gasteiger partial charge in [-0.25, -0.2) is 4.98 Å². The lowest BCUT2D eigenvalue weighted by Crippen LogP contribution is -2.42. The number of hydrogen-bond donors (Lipinski definition) is 0. The fourth-order valence-electron chi connectivity index (χ4n) is 3.67. The maximum atomic E-state index is 12.5. The molecular formula is C21H30N4O. The average molecular weight is 354 g/mol. The molecule has 0 radical (unpaired) electrons. The van der Waals surface area contributed by atoms with Gasteiger partial charge in [-0.15, -0.1) is 0 Å². The van der Waals surface area contributed by atoms with Gasteiger partial charge in [0, 0.05) is 37.6 Å². The number of aromatic nitrogens is 2. The van der Waals surface area contributed by atoms with Gasteiger partial charge >= 0.3 is 0 Å². The molecule has 3 rings (SSSR count). The highest BCUT2D eigenvalue weighted by Crippen LogP contribution is 2.22. The van der Waals surface area contributed by atoms with Crippen LogP contribution in [0.3, 0.4) is 0 Å². The summed E-state index contributed by atoms with van der Waals surface area (Å²) in [5, 5.41) is 0. The lowest BCUT2D eigenvalue weighted by molar-refractivity contribution is -0.119. The second kappa shape index (κ2) is 8.49. The molecule has 1 amide bonds. The molecule has 0 bridgehead atoms. The molecule has 0 N–H and O–H groups in total. The number of para-hydroxylation sites is 1. The Labute approximate surface area is 156 Å². The van der Waals surface area contributed by atoms with Gasteiger partial charge in [-0.05, 0) is 44.0 Å². The average Bonchev–Trinajstić information content (AvgIpc) is 3.12. The van der Waals surface area contributed by atoms with Crippen LogP contribution in [0.4, 0.5) is 5.69 Å². The van der Waals surface area contributed by atoms with Crippen LogP contribution in [0.15, 0.2) is 42.7 Å². The zero-order valence-electron chi connectivity index (χ0n) is 16.1. The first-order valence-corrected chi connectivity index (χ1v) is 9.59. The number of carbonyl (C=O) groups excluding carboxylic acids is 1. The Morgan fingerprint density at radius 2 is 1.92 bits per heavy atom. The molecule has 0 saturated carbocycles. The van der Waals surface area contributed by atoms with Crippen molar-refractivity contribution in [2.24, 2.45) is 5.92 Å². The van der Waals surface area contributed by atoms with Crippen molar-refractivity contribution in [1.29, 1.82) is 0 Å². The van der Waals surface area contributed by atoms with E-state index in [9.17, 15) is 4.79 Å². The number of anilines is 1. The van der Waals surface area contributed by atoms with Gasteiger partial charge in [0.25, 0.3) is 0 Å². The Bertz CT molecular complexity index is 702. The first kappa shape index (κ1) is 18.6. The summed E-state index contributed by atoms with van der Waals surface area (Å²) in [7, 11) is 1.86. The number of rotatable bonds is 6. The molecule has 0 spiro atoms. The van der Waals surface area contributed by atoms with Gasteiger partial charge in [0.2, 0.25) is 5.91 Å². The van der Waals surface area contributed by atoms with E-state index in [0.29, 0.717) is 18.4 Å². The third-order valence-corrected chi connectivity index (χ3v) is 5.30. The highest BCUT2D eigenvalue weighted by atomic mass is 16.2. The number of imidazole rings is 1. The quantitative estimate of drug-likeness (QED) is 0.798. The maximum absolute atomic E-state index is 12.5. The Balaban J connectivity index is 1.48. The molecule has 2 heterocycles. The van der Waals surface area contributed by atoms with E-state index in [4.69, 9.17) is 0 Å². The second-order valence-electron chi connectivity index (χ2n) is 7.60. The minimum Gasteiger partial charge on any atom is -0.334 e. The fourth-order valence-corrected chi connectivity index (χ4v) is 3.67. The number of amides is 1. The van der Waals surface area contributed by atoms with Gasteiger partial charge in [-0.1, -0.05) is 32.0 Å². The van der Waals surface area contributed by atoms with Gasteiger partial charge in [0.05, 0.1) is 6.54 Å². The molecule has 0 atom stereocenters. The summed E-state index contributed by atoms with van der Waals surface area (Å²) in [6, 6.07) is 9.85. The number of nitrogens with zero attached hydrogens (tertiary/aromatic N) is 4. The summed E-state index contributed by atoms with van der Waals surface area (Å²) in [4.78, 5) is 21.1. The van der Waals surface area contributed by atoms with Crippen molar-refractivity contribution in [2.75, 3.05) is 31.6 Å².